The molecule has 32 heavy (non-hydrogen) atoms. The van der Waals surface area contributed by atoms with Crippen molar-refractivity contribution in [2.45, 2.75) is 57.4 Å². The normalized spacial score (nSPS) is 16.7. The number of nitrogens with one attached hydrogen (secondary N) is 1. The molecule has 0 amide bonds. The lowest BCUT2D eigenvalue weighted by Crippen LogP contribution is -2.36. The maximum Gasteiger partial charge on any atom is 0.162 e. The van der Waals surface area contributed by atoms with Crippen LogP contribution in [-0.4, -0.2) is 44.9 Å². The Hall–Kier alpha value is -2.66. The topological polar surface area (TPSA) is 58.6 Å². The quantitative estimate of drug-likeness (QED) is 0.309. The second-order valence-corrected chi connectivity index (χ2v) is 8.89. The smallest absolute Gasteiger partial charge is 0.162 e. The Morgan fingerprint density at radius 1 is 1.16 bits per heavy atom. The molecule has 2 aromatic rings. The van der Waals surface area contributed by atoms with Crippen molar-refractivity contribution >= 4 is 17.8 Å². The first-order valence-corrected chi connectivity index (χ1v) is 11.9. The summed E-state index contributed by atoms with van der Waals surface area (Å²) in [6.45, 7) is 2.84. The van der Waals surface area contributed by atoms with Crippen molar-refractivity contribution in [3.63, 3.8) is 0 Å². The average Bonchev–Trinajstić information content (AvgIpc) is 3.20. The molecule has 0 aliphatic carbocycles. The first kappa shape index (κ1) is 22.5. The van der Waals surface area contributed by atoms with Gasteiger partial charge in [0, 0.05) is 30.6 Å². The molecule has 4 rings (SSSR count). The molecule has 1 atom stereocenters. The van der Waals surface area contributed by atoms with Gasteiger partial charge in [-0.25, -0.2) is 0 Å². The molecule has 0 bridgehead atoms. The molecule has 0 aromatic heterocycles. The predicted octanol–water partition coefficient (Wildman–Crippen LogP) is 4.15. The van der Waals surface area contributed by atoms with E-state index in [4.69, 9.17) is 4.74 Å². The summed E-state index contributed by atoms with van der Waals surface area (Å²) < 4.78 is 5.40. The Bertz CT molecular complexity index is 956. The van der Waals surface area contributed by atoms with Crippen molar-refractivity contribution in [2.24, 2.45) is 0 Å². The molecule has 2 aliphatic rings. The van der Waals surface area contributed by atoms with Crippen LogP contribution < -0.4 is 15.0 Å². The molecular formula is C27H34N2O3. The molecule has 0 saturated carbocycles. The maximum absolute atomic E-state index is 12.8. The van der Waals surface area contributed by atoms with Crippen molar-refractivity contribution in [3.8, 4) is 5.75 Å². The van der Waals surface area contributed by atoms with E-state index in [2.05, 4.69) is 22.3 Å². The fraction of sp³-hybridized carbons (Fsp3) is 0.481. The fourth-order valence-corrected chi connectivity index (χ4v) is 5.09. The van der Waals surface area contributed by atoms with Crippen LogP contribution >= 0.6 is 0 Å². The highest BCUT2D eigenvalue weighted by molar-refractivity contribution is 5.97. The molecule has 2 heterocycles. The molecule has 2 aromatic carbocycles. The van der Waals surface area contributed by atoms with Gasteiger partial charge in [-0.3, -0.25) is 4.79 Å². The zero-order valence-electron chi connectivity index (χ0n) is 19.1. The highest BCUT2D eigenvalue weighted by atomic mass is 16.5. The van der Waals surface area contributed by atoms with Crippen LogP contribution in [0.4, 0.5) is 5.69 Å². The Labute approximate surface area is 191 Å². The number of aldehydes is 1. The molecular weight excluding hydrogens is 400 g/mol. The molecule has 5 heteroatoms. The molecule has 0 spiro atoms. The van der Waals surface area contributed by atoms with Crippen LogP contribution in [0.5, 0.6) is 5.75 Å². The maximum atomic E-state index is 12.8. The Balaban J connectivity index is 1.17. The number of rotatable bonds is 12. The van der Waals surface area contributed by atoms with Gasteiger partial charge < -0.3 is 19.7 Å². The molecule has 1 N–H and O–H groups in total. The molecule has 2 aliphatic heterocycles. The first-order chi connectivity index (χ1) is 15.7. The summed E-state index contributed by atoms with van der Waals surface area (Å²) in [5.41, 5.74) is 5.72. The SMILES string of the molecule is COc1ccccc1CCNCCCCCC(=O)c1cc2c3c(c1)CC(C=O)N3CCC2. The third-order valence-corrected chi connectivity index (χ3v) is 6.73. The number of hydrogen-bond acceptors (Lipinski definition) is 5. The van der Waals surface area contributed by atoms with Crippen LogP contribution in [0.1, 0.15) is 59.2 Å². The van der Waals surface area contributed by atoms with Crippen molar-refractivity contribution in [1.29, 1.82) is 0 Å². The van der Waals surface area contributed by atoms with Crippen molar-refractivity contribution in [1.82, 2.24) is 5.32 Å². The van der Waals surface area contributed by atoms with Crippen LogP contribution in [0, 0.1) is 0 Å². The van der Waals surface area contributed by atoms with Crippen LogP contribution in [0.2, 0.25) is 0 Å². The monoisotopic (exact) mass is 434 g/mol. The molecule has 0 fully saturated rings. The van der Waals surface area contributed by atoms with Gasteiger partial charge in [0.2, 0.25) is 0 Å². The van der Waals surface area contributed by atoms with Gasteiger partial charge in [-0.05, 0) is 80.1 Å². The molecule has 0 radical (unpaired) electrons. The van der Waals surface area contributed by atoms with E-state index in [0.717, 1.165) is 82.2 Å². The Morgan fingerprint density at radius 2 is 2.00 bits per heavy atom. The number of benzene rings is 2. The Kier molecular flexibility index (Phi) is 7.59. The van der Waals surface area contributed by atoms with E-state index in [-0.39, 0.29) is 11.8 Å². The predicted molar refractivity (Wildman–Crippen MR) is 128 cm³/mol. The summed E-state index contributed by atoms with van der Waals surface area (Å²) >= 11 is 0. The van der Waals surface area contributed by atoms with Gasteiger partial charge in [0.15, 0.2) is 5.78 Å². The minimum Gasteiger partial charge on any atom is -0.496 e. The van der Waals surface area contributed by atoms with E-state index in [1.165, 1.54) is 22.4 Å². The largest absolute Gasteiger partial charge is 0.496 e. The van der Waals surface area contributed by atoms with Crippen LogP contribution in [-0.2, 0) is 24.1 Å². The number of carbonyl (C=O) groups is 2. The van der Waals surface area contributed by atoms with E-state index >= 15 is 0 Å². The van der Waals surface area contributed by atoms with Gasteiger partial charge in [0.05, 0.1) is 13.2 Å². The standard InChI is InChI=1S/C27H34N2O3/c1-32-26-11-5-4-8-20(26)12-14-28-13-6-2-3-10-25(31)22-16-21-9-7-15-29-24(19-30)18-23(17-22)27(21)29/h4-5,8,11,16-17,19,24,28H,2-3,6-7,9-10,12-15,18H2,1H3. The Morgan fingerprint density at radius 3 is 2.84 bits per heavy atom. The van der Waals surface area contributed by atoms with Gasteiger partial charge in [0.25, 0.3) is 0 Å². The van der Waals surface area contributed by atoms with Crippen molar-refractivity contribution in [3.05, 3.63) is 58.7 Å². The van der Waals surface area contributed by atoms with Crippen LogP contribution in [0.25, 0.3) is 0 Å². The van der Waals surface area contributed by atoms with Gasteiger partial charge in [-0.15, -0.1) is 0 Å². The number of carbonyl (C=O) groups excluding carboxylic acids is 2. The van der Waals surface area contributed by atoms with Gasteiger partial charge >= 0.3 is 0 Å². The molecule has 170 valence electrons. The summed E-state index contributed by atoms with van der Waals surface area (Å²) in [7, 11) is 1.71. The van der Waals surface area contributed by atoms with E-state index in [1.54, 1.807) is 7.11 Å². The zero-order chi connectivity index (χ0) is 22.3. The van der Waals surface area contributed by atoms with Crippen molar-refractivity contribution < 1.29 is 14.3 Å². The number of methoxy groups -OCH3 is 1. The number of Topliss-reactive ketones (excluding diaryl/α,β-unsaturated/α-hetero) is 1. The van der Waals surface area contributed by atoms with E-state index in [0.29, 0.717) is 6.42 Å². The second kappa shape index (κ2) is 10.8. The summed E-state index contributed by atoms with van der Waals surface area (Å²) in [6.07, 6.45) is 8.45. The average molecular weight is 435 g/mol. The number of hydrogen-bond donors (Lipinski definition) is 1. The molecule has 5 nitrogen and oxygen atoms in total. The van der Waals surface area contributed by atoms with E-state index in [1.807, 2.05) is 24.3 Å². The van der Waals surface area contributed by atoms with Gasteiger partial charge in [0.1, 0.15) is 12.0 Å². The number of aryl methyl sites for hydroxylation is 1. The number of ether oxygens (including phenoxy) is 1. The molecule has 0 saturated heterocycles. The molecule has 1 unspecified atom stereocenters. The number of nitrogens with zero attached hydrogens (tertiary/aromatic N) is 1. The summed E-state index contributed by atoms with van der Waals surface area (Å²) in [5.74, 6) is 1.18. The summed E-state index contributed by atoms with van der Waals surface area (Å²) in [4.78, 5) is 26.5. The van der Waals surface area contributed by atoms with Gasteiger partial charge in [-0.2, -0.15) is 0 Å². The fourth-order valence-electron chi connectivity index (χ4n) is 5.09. The zero-order valence-corrected chi connectivity index (χ0v) is 19.1. The second-order valence-electron chi connectivity index (χ2n) is 8.89. The number of para-hydroxylation sites is 1. The van der Waals surface area contributed by atoms with Crippen LogP contribution in [0.15, 0.2) is 36.4 Å². The van der Waals surface area contributed by atoms with Crippen LogP contribution in [0.3, 0.4) is 0 Å². The number of ketones is 1. The van der Waals surface area contributed by atoms with E-state index in [9.17, 15) is 9.59 Å². The number of unbranched alkanes of at least 4 members (excludes halogenated alkanes) is 2. The summed E-state index contributed by atoms with van der Waals surface area (Å²) in [5, 5.41) is 3.49. The number of anilines is 1. The van der Waals surface area contributed by atoms with Crippen molar-refractivity contribution in [2.75, 3.05) is 31.6 Å². The third-order valence-electron chi connectivity index (χ3n) is 6.73. The minimum atomic E-state index is -0.0510. The first-order valence-electron chi connectivity index (χ1n) is 11.9. The van der Waals surface area contributed by atoms with E-state index < -0.39 is 0 Å². The lowest BCUT2D eigenvalue weighted by molar-refractivity contribution is -0.108. The highest BCUT2D eigenvalue weighted by Crippen LogP contribution is 2.39. The summed E-state index contributed by atoms with van der Waals surface area (Å²) in [6, 6.07) is 12.2. The third kappa shape index (κ3) is 5.04. The lowest BCUT2D eigenvalue weighted by atomic mass is 9.94. The highest BCUT2D eigenvalue weighted by Gasteiger charge is 2.33. The lowest BCUT2D eigenvalue weighted by Gasteiger charge is -2.30. The van der Waals surface area contributed by atoms with Gasteiger partial charge in [-0.1, -0.05) is 24.6 Å². The minimum absolute atomic E-state index is 0.0510.